The van der Waals surface area contributed by atoms with Crippen LogP contribution in [0.2, 0.25) is 37.3 Å². The Bertz CT molecular complexity index is 574. The Balaban J connectivity index is 2.30. The van der Waals surface area contributed by atoms with Gasteiger partial charge in [0.2, 0.25) is 0 Å². The zero-order valence-corrected chi connectivity index (χ0v) is 26.1. The summed E-state index contributed by atoms with van der Waals surface area (Å²) in [5.74, 6) is 1.83. The predicted molar refractivity (Wildman–Crippen MR) is 153 cm³/mol. The average molecular weight is 513 g/mol. The second-order valence-electron chi connectivity index (χ2n) is 12.9. The van der Waals surface area contributed by atoms with Gasteiger partial charge in [0.1, 0.15) is 0 Å². The van der Waals surface area contributed by atoms with E-state index >= 15 is 0 Å². The van der Waals surface area contributed by atoms with Gasteiger partial charge < -0.3 is 14.3 Å². The monoisotopic (exact) mass is 512 g/mol. The third-order valence-electron chi connectivity index (χ3n) is 9.61. The largest absolute Gasteiger partial charge is 0.414 e. The SMILES string of the molecule is CCCCC(CC)(O[Si](C)(C)C(CCCOCCCO)(CC1CC1)C1CC1)[Si](C)(C)CCCC. The number of ether oxygens (including phenoxy) is 1. The van der Waals surface area contributed by atoms with Crippen LogP contribution in [0.15, 0.2) is 0 Å². The molecule has 0 radical (unpaired) electrons. The van der Waals surface area contributed by atoms with E-state index in [1.165, 1.54) is 83.1 Å². The molecule has 0 heterocycles. The summed E-state index contributed by atoms with van der Waals surface area (Å²) in [6.07, 6.45) is 18.0. The quantitative estimate of drug-likeness (QED) is 0.123. The lowest BCUT2D eigenvalue weighted by Gasteiger charge is -2.55. The molecule has 0 saturated heterocycles. The fourth-order valence-electron chi connectivity index (χ4n) is 6.90. The van der Waals surface area contributed by atoms with E-state index in [4.69, 9.17) is 14.3 Å². The molecule has 34 heavy (non-hydrogen) atoms. The summed E-state index contributed by atoms with van der Waals surface area (Å²) in [7, 11) is -3.56. The Hall–Kier alpha value is 0.314. The lowest BCUT2D eigenvalue weighted by Crippen LogP contribution is -2.63. The molecule has 0 aromatic heterocycles. The lowest BCUT2D eigenvalue weighted by atomic mass is 9.90. The number of hydrogen-bond donors (Lipinski definition) is 1. The molecule has 0 spiro atoms. The molecule has 2 aliphatic carbocycles. The topological polar surface area (TPSA) is 38.7 Å². The molecule has 202 valence electrons. The number of aliphatic hydroxyl groups is 1. The minimum Gasteiger partial charge on any atom is -0.414 e. The van der Waals surface area contributed by atoms with Crippen molar-refractivity contribution in [2.75, 3.05) is 19.8 Å². The fourth-order valence-corrected chi connectivity index (χ4v) is 16.5. The van der Waals surface area contributed by atoms with E-state index in [1.807, 2.05) is 0 Å². The lowest BCUT2D eigenvalue weighted by molar-refractivity contribution is 0.0898. The second kappa shape index (κ2) is 13.7. The zero-order valence-electron chi connectivity index (χ0n) is 24.1. The standard InChI is InChI=1S/C29H60O3Si2/c1-8-11-20-29(10-3,33(4,5)24-12-9-2)32-34(6,7)28(27-17-18-27,25-26-15-16-26)19-13-22-31-23-14-21-30/h26-27,30H,8-25H2,1-7H3. The van der Waals surface area contributed by atoms with Crippen LogP contribution in [-0.2, 0) is 9.16 Å². The van der Waals surface area contributed by atoms with Crippen LogP contribution in [0, 0.1) is 11.8 Å². The Kier molecular flexibility index (Phi) is 12.3. The van der Waals surface area contributed by atoms with E-state index < -0.39 is 16.4 Å². The van der Waals surface area contributed by atoms with Crippen LogP contribution in [-0.4, -0.2) is 46.5 Å². The summed E-state index contributed by atoms with van der Waals surface area (Å²) in [4.78, 5) is 0. The van der Waals surface area contributed by atoms with Gasteiger partial charge in [0.25, 0.3) is 0 Å². The van der Waals surface area contributed by atoms with E-state index in [0.29, 0.717) is 11.6 Å². The Morgan fingerprint density at radius 2 is 1.47 bits per heavy atom. The van der Waals surface area contributed by atoms with Crippen molar-refractivity contribution in [3.63, 3.8) is 0 Å². The van der Waals surface area contributed by atoms with Crippen molar-refractivity contribution in [1.82, 2.24) is 0 Å². The average Bonchev–Trinajstić information content (AvgIpc) is 3.70. The van der Waals surface area contributed by atoms with E-state index in [1.54, 1.807) is 0 Å². The fraction of sp³-hybridized carbons (Fsp3) is 1.00. The van der Waals surface area contributed by atoms with Gasteiger partial charge in [-0.2, -0.15) is 0 Å². The number of rotatable bonds is 21. The number of unbranched alkanes of at least 4 members (excludes halogenated alkanes) is 2. The third-order valence-corrected chi connectivity index (χ3v) is 18.8. The highest BCUT2D eigenvalue weighted by Gasteiger charge is 2.61. The van der Waals surface area contributed by atoms with Gasteiger partial charge in [0.05, 0.1) is 8.07 Å². The molecular formula is C29H60O3Si2. The van der Waals surface area contributed by atoms with Gasteiger partial charge in [-0.3, -0.25) is 0 Å². The molecule has 2 unspecified atom stereocenters. The molecule has 1 N–H and O–H groups in total. The number of hydrogen-bond acceptors (Lipinski definition) is 3. The Morgan fingerprint density at radius 1 is 0.824 bits per heavy atom. The molecule has 5 heteroatoms. The normalized spacial score (nSPS) is 20.8. The van der Waals surface area contributed by atoms with Crippen molar-refractivity contribution >= 4 is 16.4 Å². The van der Waals surface area contributed by atoms with Crippen LogP contribution >= 0.6 is 0 Å². The maximum atomic E-state index is 9.07. The van der Waals surface area contributed by atoms with E-state index in [2.05, 4.69) is 47.0 Å². The van der Waals surface area contributed by atoms with Crippen LogP contribution in [0.3, 0.4) is 0 Å². The van der Waals surface area contributed by atoms with Gasteiger partial charge in [-0.1, -0.05) is 78.4 Å². The van der Waals surface area contributed by atoms with Crippen LogP contribution in [0.25, 0.3) is 0 Å². The molecule has 0 bridgehead atoms. The van der Waals surface area contributed by atoms with Crippen LogP contribution < -0.4 is 0 Å². The zero-order chi connectivity index (χ0) is 25.3. The molecule has 0 aliphatic heterocycles. The molecule has 2 aliphatic rings. The van der Waals surface area contributed by atoms with E-state index in [-0.39, 0.29) is 11.8 Å². The first-order chi connectivity index (χ1) is 16.1. The maximum absolute atomic E-state index is 9.07. The molecular weight excluding hydrogens is 452 g/mol. The molecule has 3 nitrogen and oxygen atoms in total. The molecule has 0 amide bonds. The first-order valence-electron chi connectivity index (χ1n) is 15.0. The molecule has 2 rings (SSSR count). The van der Waals surface area contributed by atoms with Crippen molar-refractivity contribution in [1.29, 1.82) is 0 Å². The van der Waals surface area contributed by atoms with Crippen molar-refractivity contribution in [2.24, 2.45) is 11.8 Å². The summed E-state index contributed by atoms with van der Waals surface area (Å²) in [5.41, 5.74) is 0. The van der Waals surface area contributed by atoms with Crippen molar-refractivity contribution in [3.8, 4) is 0 Å². The van der Waals surface area contributed by atoms with Crippen molar-refractivity contribution in [3.05, 3.63) is 0 Å². The van der Waals surface area contributed by atoms with Gasteiger partial charge in [-0.05, 0) is 81.3 Å². The maximum Gasteiger partial charge on any atom is 0.193 e. The molecule has 2 fully saturated rings. The summed E-state index contributed by atoms with van der Waals surface area (Å²) in [6, 6.07) is 1.41. The number of aliphatic hydroxyl groups excluding tert-OH is 1. The minimum absolute atomic E-state index is 0.134. The van der Waals surface area contributed by atoms with Gasteiger partial charge in [0, 0.05) is 25.0 Å². The Morgan fingerprint density at radius 3 is 2.00 bits per heavy atom. The summed E-state index contributed by atoms with van der Waals surface area (Å²) in [5, 5.41) is 9.62. The molecule has 2 saturated carbocycles. The van der Waals surface area contributed by atoms with Crippen molar-refractivity contribution in [2.45, 2.75) is 153 Å². The van der Waals surface area contributed by atoms with Crippen LogP contribution in [0.5, 0.6) is 0 Å². The van der Waals surface area contributed by atoms with E-state index in [9.17, 15) is 0 Å². The van der Waals surface area contributed by atoms with Crippen LogP contribution in [0.1, 0.15) is 111 Å². The van der Waals surface area contributed by atoms with E-state index in [0.717, 1.165) is 31.3 Å². The molecule has 0 aromatic rings. The predicted octanol–water partition coefficient (Wildman–Crippen LogP) is 8.72. The third kappa shape index (κ3) is 7.90. The first kappa shape index (κ1) is 30.5. The smallest absolute Gasteiger partial charge is 0.193 e. The van der Waals surface area contributed by atoms with Crippen molar-refractivity contribution < 1.29 is 14.3 Å². The minimum atomic E-state index is -2.00. The molecule has 2 atom stereocenters. The van der Waals surface area contributed by atoms with Gasteiger partial charge >= 0.3 is 0 Å². The van der Waals surface area contributed by atoms with Gasteiger partial charge in [0.15, 0.2) is 8.32 Å². The highest BCUT2D eigenvalue weighted by Crippen LogP contribution is 2.66. The highest BCUT2D eigenvalue weighted by molar-refractivity contribution is 6.82. The summed E-state index contributed by atoms with van der Waals surface area (Å²) >= 11 is 0. The Labute approximate surface area is 215 Å². The second-order valence-corrected chi connectivity index (χ2v) is 22.3. The summed E-state index contributed by atoms with van der Waals surface area (Å²) < 4.78 is 13.8. The van der Waals surface area contributed by atoms with Gasteiger partial charge in [-0.25, -0.2) is 0 Å². The van der Waals surface area contributed by atoms with Crippen LogP contribution in [0.4, 0.5) is 0 Å². The highest BCUT2D eigenvalue weighted by atomic mass is 28.4. The summed E-state index contributed by atoms with van der Waals surface area (Å²) in [6.45, 7) is 19.5. The van der Waals surface area contributed by atoms with Gasteiger partial charge in [-0.15, -0.1) is 0 Å². The molecule has 0 aromatic carbocycles. The first-order valence-corrected chi connectivity index (χ1v) is 21.1.